The van der Waals surface area contributed by atoms with Gasteiger partial charge in [-0.25, -0.2) is 0 Å². The number of nitrogens with zero attached hydrogens (tertiary/aromatic N) is 2. The number of fused-ring (bicyclic) bond motifs is 8. The van der Waals surface area contributed by atoms with Gasteiger partial charge in [0.25, 0.3) is 0 Å². The van der Waals surface area contributed by atoms with Crippen molar-refractivity contribution in [2.75, 3.05) is 22.9 Å². The van der Waals surface area contributed by atoms with Crippen molar-refractivity contribution in [1.29, 1.82) is 0 Å². The summed E-state index contributed by atoms with van der Waals surface area (Å²) in [5, 5.41) is 7.75. The second kappa shape index (κ2) is 13.6. The van der Waals surface area contributed by atoms with Gasteiger partial charge in [0.1, 0.15) is 0 Å². The van der Waals surface area contributed by atoms with Crippen LogP contribution in [-0.4, -0.2) is 13.1 Å². The summed E-state index contributed by atoms with van der Waals surface area (Å²) in [7, 11) is 0. The van der Waals surface area contributed by atoms with Crippen molar-refractivity contribution >= 4 is 55.1 Å². The third kappa shape index (κ3) is 5.39. The molecule has 11 rings (SSSR count). The lowest BCUT2D eigenvalue weighted by molar-refractivity contribution is 0.767. The van der Waals surface area contributed by atoms with Crippen LogP contribution in [0.4, 0.5) is 22.7 Å². The van der Waals surface area contributed by atoms with Gasteiger partial charge in [-0.2, -0.15) is 0 Å². The highest BCUT2D eigenvalue weighted by atomic mass is 15.1. The maximum atomic E-state index is 2.50. The Hall–Kier alpha value is -6.64. The second-order valence-corrected chi connectivity index (χ2v) is 15.4. The Bertz CT molecular complexity index is 2910. The molecule has 0 bridgehead atoms. The summed E-state index contributed by atoms with van der Waals surface area (Å²) >= 11 is 0. The summed E-state index contributed by atoms with van der Waals surface area (Å²) < 4.78 is 0. The molecule has 0 aliphatic carbocycles. The van der Waals surface area contributed by atoms with Crippen molar-refractivity contribution in [2.24, 2.45) is 0 Å². The molecule has 0 saturated carbocycles. The Morgan fingerprint density at radius 2 is 0.786 bits per heavy atom. The minimum Gasteiger partial charge on any atom is -0.341 e. The molecule has 2 heterocycles. The lowest BCUT2D eigenvalue weighted by atomic mass is 9.81. The van der Waals surface area contributed by atoms with E-state index in [1.54, 1.807) is 0 Å². The van der Waals surface area contributed by atoms with E-state index in [9.17, 15) is 0 Å². The van der Waals surface area contributed by atoms with Crippen LogP contribution in [0.25, 0.3) is 65.7 Å². The highest BCUT2D eigenvalue weighted by Crippen LogP contribution is 2.49. The van der Waals surface area contributed by atoms with E-state index < -0.39 is 0 Å². The van der Waals surface area contributed by atoms with Crippen LogP contribution in [0.1, 0.15) is 24.0 Å². The second-order valence-electron chi connectivity index (χ2n) is 15.4. The summed E-state index contributed by atoms with van der Waals surface area (Å²) in [6.07, 6.45) is 4.60. The topological polar surface area (TPSA) is 6.48 Å². The third-order valence-corrected chi connectivity index (χ3v) is 12.3. The van der Waals surface area contributed by atoms with Crippen LogP contribution in [0.3, 0.4) is 0 Å². The number of para-hydroxylation sites is 2. The maximum Gasteiger partial charge on any atom is 0.0443 e. The Morgan fingerprint density at radius 1 is 0.339 bits per heavy atom. The molecule has 0 spiro atoms. The first kappa shape index (κ1) is 32.8. The molecule has 0 atom stereocenters. The zero-order valence-electron chi connectivity index (χ0n) is 31.5. The fraction of sp³-hybridized carbons (Fsp3) is 0.111. The molecule has 56 heavy (non-hydrogen) atoms. The SMILES string of the molecule is c1ccc(-c2cc(-c3ccc(N4CCCc5ccccc54)cc3)c3c4ccccc4c4ccccc4c3c2-c2ccc(N3CCCc4ccccc43)cc2)cc1. The van der Waals surface area contributed by atoms with E-state index in [0.29, 0.717) is 0 Å². The van der Waals surface area contributed by atoms with E-state index in [1.807, 2.05) is 0 Å². The minimum absolute atomic E-state index is 1.03. The van der Waals surface area contributed by atoms with Crippen molar-refractivity contribution in [3.63, 3.8) is 0 Å². The van der Waals surface area contributed by atoms with Gasteiger partial charge in [-0.1, -0.05) is 140 Å². The summed E-state index contributed by atoms with van der Waals surface area (Å²) in [4.78, 5) is 4.99. The van der Waals surface area contributed by atoms with Gasteiger partial charge >= 0.3 is 0 Å². The van der Waals surface area contributed by atoms with E-state index in [1.165, 1.54) is 99.6 Å². The van der Waals surface area contributed by atoms with E-state index >= 15 is 0 Å². The average molecular weight is 719 g/mol. The molecule has 9 aromatic rings. The molecule has 2 heteroatoms. The van der Waals surface area contributed by atoms with Gasteiger partial charge in [0.2, 0.25) is 0 Å². The molecule has 0 saturated heterocycles. The number of aryl methyl sites for hydroxylation is 2. The van der Waals surface area contributed by atoms with Crippen LogP contribution in [0, 0.1) is 0 Å². The number of rotatable bonds is 5. The van der Waals surface area contributed by atoms with Crippen molar-refractivity contribution in [1.82, 2.24) is 0 Å². The normalized spacial score (nSPS) is 13.9. The molecule has 268 valence electrons. The fourth-order valence-corrected chi connectivity index (χ4v) is 9.71. The zero-order valence-corrected chi connectivity index (χ0v) is 31.5. The smallest absolute Gasteiger partial charge is 0.0443 e. The Balaban J connectivity index is 1.16. The number of hydrogen-bond acceptors (Lipinski definition) is 2. The summed E-state index contributed by atoms with van der Waals surface area (Å²) in [5.74, 6) is 0. The molecule has 0 unspecified atom stereocenters. The lowest BCUT2D eigenvalue weighted by Crippen LogP contribution is -2.24. The van der Waals surface area contributed by atoms with Crippen molar-refractivity contribution in [3.8, 4) is 33.4 Å². The van der Waals surface area contributed by atoms with E-state index in [4.69, 9.17) is 0 Å². The van der Waals surface area contributed by atoms with Gasteiger partial charge < -0.3 is 9.80 Å². The van der Waals surface area contributed by atoms with Crippen LogP contribution in [0.2, 0.25) is 0 Å². The molecule has 2 aliphatic rings. The highest BCUT2D eigenvalue weighted by Gasteiger charge is 2.24. The van der Waals surface area contributed by atoms with Gasteiger partial charge in [-0.3, -0.25) is 0 Å². The molecular weight excluding hydrogens is 677 g/mol. The van der Waals surface area contributed by atoms with E-state index in [0.717, 1.165) is 38.8 Å². The lowest BCUT2D eigenvalue weighted by Gasteiger charge is -2.31. The van der Waals surface area contributed by atoms with Crippen LogP contribution >= 0.6 is 0 Å². The van der Waals surface area contributed by atoms with Gasteiger partial charge in [-0.05, 0) is 145 Å². The van der Waals surface area contributed by atoms with Crippen LogP contribution in [0.15, 0.2) is 182 Å². The molecule has 0 N–H and O–H groups in total. The molecule has 9 aromatic carbocycles. The van der Waals surface area contributed by atoms with Crippen LogP contribution in [0.5, 0.6) is 0 Å². The van der Waals surface area contributed by atoms with Gasteiger partial charge in [0.15, 0.2) is 0 Å². The third-order valence-electron chi connectivity index (χ3n) is 12.3. The van der Waals surface area contributed by atoms with Crippen molar-refractivity contribution < 1.29 is 0 Å². The monoisotopic (exact) mass is 718 g/mol. The quantitative estimate of drug-likeness (QED) is 0.164. The van der Waals surface area contributed by atoms with Gasteiger partial charge in [-0.15, -0.1) is 0 Å². The Kier molecular flexibility index (Phi) is 7.95. The maximum absolute atomic E-state index is 2.50. The molecule has 0 fully saturated rings. The summed E-state index contributed by atoms with van der Waals surface area (Å²) in [6, 6.07) is 68.1. The average Bonchev–Trinajstić information content (AvgIpc) is 3.28. The van der Waals surface area contributed by atoms with E-state index in [-0.39, 0.29) is 0 Å². The van der Waals surface area contributed by atoms with Gasteiger partial charge in [0, 0.05) is 35.8 Å². The standard InChI is InChI=1S/C54H42N2/c1-2-14-37(15-3-1)48-36-49(38-26-30-42(31-27-38)55-34-12-18-39-16-4-10-24-50(39)55)53-46-22-8-6-20-44(46)45-21-7-9-23-47(45)54(53)52(48)41-28-32-43(33-29-41)56-35-13-19-40-17-5-11-25-51(40)56/h1-11,14-17,20-33,36H,12-13,18-19,34-35H2. The van der Waals surface area contributed by atoms with Crippen LogP contribution in [-0.2, 0) is 12.8 Å². The number of benzene rings is 9. The Labute approximate surface area is 328 Å². The molecule has 0 amide bonds. The first-order valence-corrected chi connectivity index (χ1v) is 20.2. The minimum atomic E-state index is 1.03. The highest BCUT2D eigenvalue weighted by molar-refractivity contribution is 6.33. The molecule has 0 aromatic heterocycles. The number of hydrogen-bond donors (Lipinski definition) is 0. The largest absolute Gasteiger partial charge is 0.341 e. The summed E-state index contributed by atoms with van der Waals surface area (Å²) in [5.41, 5.74) is 15.5. The molecule has 0 radical (unpaired) electrons. The predicted octanol–water partition coefficient (Wildman–Crippen LogP) is 14.3. The van der Waals surface area contributed by atoms with Crippen molar-refractivity contribution in [2.45, 2.75) is 25.7 Å². The molecule has 2 nitrogen and oxygen atoms in total. The van der Waals surface area contributed by atoms with Crippen LogP contribution < -0.4 is 9.80 Å². The molecular formula is C54H42N2. The summed E-state index contributed by atoms with van der Waals surface area (Å²) in [6.45, 7) is 2.06. The molecule has 2 aliphatic heterocycles. The predicted molar refractivity (Wildman–Crippen MR) is 239 cm³/mol. The first-order chi connectivity index (χ1) is 27.8. The number of anilines is 4. The van der Waals surface area contributed by atoms with Crippen molar-refractivity contribution in [3.05, 3.63) is 193 Å². The zero-order chi connectivity index (χ0) is 37.0. The Morgan fingerprint density at radius 3 is 1.36 bits per heavy atom. The first-order valence-electron chi connectivity index (χ1n) is 20.2. The van der Waals surface area contributed by atoms with Gasteiger partial charge in [0.05, 0.1) is 0 Å². The fourth-order valence-electron chi connectivity index (χ4n) is 9.71. The van der Waals surface area contributed by atoms with E-state index in [2.05, 4.69) is 192 Å².